The SMILES string of the molecule is CCC(=O)c1ccccc1OCCCCC(C)(C)C#N. The number of nitriles is 1. The van der Waals surface area contributed by atoms with Crippen LogP contribution in [0.2, 0.25) is 0 Å². The first-order chi connectivity index (χ1) is 9.50. The zero-order valence-corrected chi connectivity index (χ0v) is 12.6. The Hall–Kier alpha value is -1.82. The van der Waals surface area contributed by atoms with Crippen molar-refractivity contribution < 1.29 is 9.53 Å². The van der Waals surface area contributed by atoms with Crippen LogP contribution in [0.1, 0.15) is 56.8 Å². The molecule has 0 aliphatic rings. The molecule has 20 heavy (non-hydrogen) atoms. The van der Waals surface area contributed by atoms with E-state index in [0.29, 0.717) is 24.3 Å². The van der Waals surface area contributed by atoms with Crippen LogP contribution >= 0.6 is 0 Å². The lowest BCUT2D eigenvalue weighted by Crippen LogP contribution is -2.09. The highest BCUT2D eigenvalue weighted by atomic mass is 16.5. The maximum atomic E-state index is 11.8. The standard InChI is InChI=1S/C17H23NO2/c1-4-15(19)14-9-5-6-10-16(14)20-12-8-7-11-17(2,3)13-18/h5-6,9-10H,4,7-8,11-12H2,1-3H3. The highest BCUT2D eigenvalue weighted by molar-refractivity contribution is 5.98. The van der Waals surface area contributed by atoms with Crippen LogP contribution < -0.4 is 4.74 Å². The van der Waals surface area contributed by atoms with Crippen LogP contribution in [0.3, 0.4) is 0 Å². The highest BCUT2D eigenvalue weighted by Gasteiger charge is 2.15. The fourth-order valence-electron chi connectivity index (χ4n) is 1.92. The van der Waals surface area contributed by atoms with Gasteiger partial charge in [-0.05, 0) is 45.2 Å². The van der Waals surface area contributed by atoms with E-state index in [1.54, 1.807) is 6.07 Å². The smallest absolute Gasteiger partial charge is 0.166 e. The number of carbonyl (C=O) groups excluding carboxylic acids is 1. The molecule has 0 N–H and O–H groups in total. The zero-order valence-electron chi connectivity index (χ0n) is 12.6. The van der Waals surface area contributed by atoms with Gasteiger partial charge in [-0.25, -0.2) is 0 Å². The number of carbonyl (C=O) groups is 1. The minimum absolute atomic E-state index is 0.103. The molecule has 1 aromatic rings. The molecular formula is C17H23NO2. The Bertz CT molecular complexity index is 486. The molecule has 0 fully saturated rings. The molecule has 0 saturated heterocycles. The molecule has 0 aliphatic heterocycles. The molecule has 1 aromatic carbocycles. The average molecular weight is 273 g/mol. The molecule has 0 amide bonds. The predicted molar refractivity (Wildman–Crippen MR) is 79.8 cm³/mol. The van der Waals surface area contributed by atoms with Gasteiger partial charge in [0.2, 0.25) is 0 Å². The van der Waals surface area contributed by atoms with E-state index in [4.69, 9.17) is 10.00 Å². The topological polar surface area (TPSA) is 50.1 Å². The Kier molecular flexibility index (Phi) is 6.24. The molecule has 0 aromatic heterocycles. The molecular weight excluding hydrogens is 250 g/mol. The Balaban J connectivity index is 2.44. The van der Waals surface area contributed by atoms with Crippen molar-refractivity contribution in [3.8, 4) is 11.8 Å². The number of rotatable bonds is 8. The summed E-state index contributed by atoms with van der Waals surface area (Å²) in [5.41, 5.74) is 0.392. The van der Waals surface area contributed by atoms with Gasteiger partial charge in [0.05, 0.1) is 23.7 Å². The van der Waals surface area contributed by atoms with Gasteiger partial charge >= 0.3 is 0 Å². The largest absolute Gasteiger partial charge is 0.493 e. The van der Waals surface area contributed by atoms with E-state index in [2.05, 4.69) is 6.07 Å². The first-order valence-electron chi connectivity index (χ1n) is 7.16. The Morgan fingerprint density at radius 1 is 1.30 bits per heavy atom. The lowest BCUT2D eigenvalue weighted by Gasteiger charge is -2.15. The van der Waals surface area contributed by atoms with E-state index in [-0.39, 0.29) is 11.2 Å². The van der Waals surface area contributed by atoms with Gasteiger partial charge in [-0.3, -0.25) is 4.79 Å². The van der Waals surface area contributed by atoms with E-state index in [0.717, 1.165) is 19.3 Å². The summed E-state index contributed by atoms with van der Waals surface area (Å²) in [6.45, 7) is 6.32. The summed E-state index contributed by atoms with van der Waals surface area (Å²) in [6.07, 6.45) is 3.18. The molecule has 0 bridgehead atoms. The molecule has 0 atom stereocenters. The molecule has 0 spiro atoms. The van der Waals surface area contributed by atoms with Crippen molar-refractivity contribution in [1.29, 1.82) is 5.26 Å². The van der Waals surface area contributed by atoms with Crippen molar-refractivity contribution in [2.45, 2.75) is 46.5 Å². The van der Waals surface area contributed by atoms with Gasteiger partial charge in [0.15, 0.2) is 5.78 Å². The third-order valence-electron chi connectivity index (χ3n) is 3.26. The molecule has 108 valence electrons. The van der Waals surface area contributed by atoms with Crippen molar-refractivity contribution in [1.82, 2.24) is 0 Å². The van der Waals surface area contributed by atoms with Crippen LogP contribution in [-0.4, -0.2) is 12.4 Å². The van der Waals surface area contributed by atoms with E-state index in [1.165, 1.54) is 0 Å². The molecule has 0 heterocycles. The molecule has 0 radical (unpaired) electrons. The van der Waals surface area contributed by atoms with Crippen LogP contribution in [0, 0.1) is 16.7 Å². The van der Waals surface area contributed by atoms with Gasteiger partial charge in [0.1, 0.15) is 5.75 Å². The fraction of sp³-hybridized carbons (Fsp3) is 0.529. The summed E-state index contributed by atoms with van der Waals surface area (Å²) in [7, 11) is 0. The van der Waals surface area contributed by atoms with E-state index in [1.807, 2.05) is 39.0 Å². The second-order valence-electron chi connectivity index (χ2n) is 5.57. The monoisotopic (exact) mass is 273 g/mol. The van der Waals surface area contributed by atoms with Crippen molar-refractivity contribution in [2.24, 2.45) is 5.41 Å². The number of hydrogen-bond donors (Lipinski definition) is 0. The van der Waals surface area contributed by atoms with Gasteiger partial charge in [0, 0.05) is 6.42 Å². The van der Waals surface area contributed by atoms with Crippen LogP contribution in [0.25, 0.3) is 0 Å². The minimum atomic E-state index is -0.268. The van der Waals surface area contributed by atoms with Crippen molar-refractivity contribution in [3.63, 3.8) is 0 Å². The third kappa shape index (κ3) is 5.05. The van der Waals surface area contributed by atoms with Gasteiger partial charge in [-0.2, -0.15) is 5.26 Å². The van der Waals surface area contributed by atoms with Gasteiger partial charge in [0.25, 0.3) is 0 Å². The maximum Gasteiger partial charge on any atom is 0.166 e. The normalized spacial score (nSPS) is 10.9. The Morgan fingerprint density at radius 3 is 2.65 bits per heavy atom. The molecule has 0 unspecified atom stereocenters. The Morgan fingerprint density at radius 2 is 2.00 bits per heavy atom. The van der Waals surface area contributed by atoms with Gasteiger partial charge in [-0.15, -0.1) is 0 Å². The second kappa shape index (κ2) is 7.69. The minimum Gasteiger partial charge on any atom is -0.493 e. The summed E-state index contributed by atoms with van der Waals surface area (Å²) in [6, 6.07) is 9.66. The molecule has 1 rings (SSSR count). The molecule has 0 aliphatic carbocycles. The van der Waals surface area contributed by atoms with Crippen LogP contribution in [-0.2, 0) is 0 Å². The number of unbranched alkanes of at least 4 members (excludes halogenated alkanes) is 1. The van der Waals surface area contributed by atoms with Crippen LogP contribution in [0.4, 0.5) is 0 Å². The van der Waals surface area contributed by atoms with Crippen molar-refractivity contribution in [3.05, 3.63) is 29.8 Å². The van der Waals surface area contributed by atoms with Crippen molar-refractivity contribution >= 4 is 5.78 Å². The molecule has 0 saturated carbocycles. The predicted octanol–water partition coefficient (Wildman–Crippen LogP) is 4.38. The lowest BCUT2D eigenvalue weighted by molar-refractivity contribution is 0.0984. The first-order valence-corrected chi connectivity index (χ1v) is 7.16. The van der Waals surface area contributed by atoms with E-state index in [9.17, 15) is 4.79 Å². The van der Waals surface area contributed by atoms with E-state index < -0.39 is 0 Å². The van der Waals surface area contributed by atoms with Gasteiger partial charge < -0.3 is 4.74 Å². The summed E-state index contributed by atoms with van der Waals surface area (Å²) >= 11 is 0. The van der Waals surface area contributed by atoms with Gasteiger partial charge in [-0.1, -0.05) is 19.1 Å². The number of benzene rings is 1. The maximum absolute atomic E-state index is 11.8. The number of hydrogen-bond acceptors (Lipinski definition) is 3. The second-order valence-corrected chi connectivity index (χ2v) is 5.57. The lowest BCUT2D eigenvalue weighted by atomic mass is 9.89. The number of ether oxygens (including phenoxy) is 1. The average Bonchev–Trinajstić information content (AvgIpc) is 2.46. The number of ketones is 1. The molecule has 3 nitrogen and oxygen atoms in total. The summed E-state index contributed by atoms with van der Waals surface area (Å²) in [5.74, 6) is 0.769. The van der Waals surface area contributed by atoms with E-state index >= 15 is 0 Å². The van der Waals surface area contributed by atoms with Crippen LogP contribution in [0.5, 0.6) is 5.75 Å². The first kappa shape index (κ1) is 16.2. The molecule has 3 heteroatoms. The number of Topliss-reactive ketones (excluding diaryl/α,β-unsaturated/α-hetero) is 1. The zero-order chi connectivity index (χ0) is 15.0. The summed E-state index contributed by atoms with van der Waals surface area (Å²) < 4.78 is 5.70. The van der Waals surface area contributed by atoms with Crippen molar-refractivity contribution in [2.75, 3.05) is 6.61 Å². The van der Waals surface area contributed by atoms with Crippen LogP contribution in [0.15, 0.2) is 24.3 Å². The summed E-state index contributed by atoms with van der Waals surface area (Å²) in [4.78, 5) is 11.8. The Labute approximate surface area is 121 Å². The quantitative estimate of drug-likeness (QED) is 0.521. The fourth-order valence-corrected chi connectivity index (χ4v) is 1.92. The number of nitrogens with zero attached hydrogens (tertiary/aromatic N) is 1. The highest BCUT2D eigenvalue weighted by Crippen LogP contribution is 2.23. The third-order valence-corrected chi connectivity index (χ3v) is 3.26. The number of para-hydroxylation sites is 1. The summed E-state index contributed by atoms with van der Waals surface area (Å²) in [5, 5.41) is 8.93.